The van der Waals surface area contributed by atoms with Crippen LogP contribution in [0.25, 0.3) is 17.0 Å². The van der Waals surface area contributed by atoms with Crippen LogP contribution in [0.2, 0.25) is 5.02 Å². The van der Waals surface area contributed by atoms with Crippen molar-refractivity contribution in [2.45, 2.75) is 46.4 Å². The summed E-state index contributed by atoms with van der Waals surface area (Å²) in [5.74, 6) is 0.191. The number of hydrogen-bond acceptors (Lipinski definition) is 6. The van der Waals surface area contributed by atoms with E-state index in [1.54, 1.807) is 32.4 Å². The summed E-state index contributed by atoms with van der Waals surface area (Å²) in [6, 6.07) is 22.7. The van der Waals surface area contributed by atoms with Gasteiger partial charge in [0.15, 0.2) is 4.80 Å². The van der Waals surface area contributed by atoms with Crippen LogP contribution < -0.4 is 19.6 Å². The Morgan fingerprint density at radius 2 is 1.75 bits per heavy atom. The third-order valence-electron chi connectivity index (χ3n) is 7.82. The second-order valence-corrected chi connectivity index (χ2v) is 12.5. The van der Waals surface area contributed by atoms with E-state index in [-0.39, 0.29) is 11.7 Å². The van der Waals surface area contributed by atoms with Gasteiger partial charge in [-0.3, -0.25) is 9.36 Å². The topological polar surface area (TPSA) is 74.8 Å². The van der Waals surface area contributed by atoms with Crippen LogP contribution in [-0.4, -0.2) is 28.3 Å². The Hall–Kier alpha value is -4.40. The Bertz CT molecular complexity index is 2100. The van der Waals surface area contributed by atoms with Crippen molar-refractivity contribution in [1.29, 1.82) is 0 Å². The molecule has 0 bridgehead atoms. The number of methoxy groups -OCH3 is 1. The molecule has 0 fully saturated rings. The number of thiazole rings is 1. The van der Waals surface area contributed by atoms with E-state index in [0.717, 1.165) is 33.3 Å². The average Bonchev–Trinajstić information content (AvgIpc) is 3.45. The Morgan fingerprint density at radius 3 is 2.43 bits per heavy atom. The molecule has 0 spiro atoms. The maximum Gasteiger partial charge on any atom is 0.338 e. The zero-order valence-corrected chi connectivity index (χ0v) is 26.7. The first-order valence-corrected chi connectivity index (χ1v) is 15.6. The molecule has 6 rings (SSSR count). The highest BCUT2D eigenvalue weighted by atomic mass is 35.5. The van der Waals surface area contributed by atoms with Gasteiger partial charge in [-0.1, -0.05) is 65.4 Å². The van der Waals surface area contributed by atoms with E-state index >= 15 is 0 Å². The fourth-order valence-corrected chi connectivity index (χ4v) is 6.86. The van der Waals surface area contributed by atoms with Crippen molar-refractivity contribution in [1.82, 2.24) is 9.13 Å². The van der Waals surface area contributed by atoms with Crippen LogP contribution in [-0.2, 0) is 16.1 Å². The number of halogens is 1. The maximum absolute atomic E-state index is 14.3. The van der Waals surface area contributed by atoms with Gasteiger partial charge < -0.3 is 14.0 Å². The van der Waals surface area contributed by atoms with E-state index < -0.39 is 12.0 Å². The van der Waals surface area contributed by atoms with Gasteiger partial charge >= 0.3 is 5.97 Å². The molecular weight excluding hydrogens is 594 g/mol. The molecule has 44 heavy (non-hydrogen) atoms. The van der Waals surface area contributed by atoms with Crippen molar-refractivity contribution >= 4 is 45.9 Å². The monoisotopic (exact) mass is 625 g/mol. The zero-order valence-electron chi connectivity index (χ0n) is 25.1. The molecule has 0 amide bonds. The van der Waals surface area contributed by atoms with Gasteiger partial charge in [0, 0.05) is 33.7 Å². The molecule has 2 aromatic heterocycles. The average molecular weight is 626 g/mol. The number of carbonyl (C=O) groups excluding carboxylic acids is 1. The number of fused-ring (bicyclic) bond motifs is 2. The number of esters is 1. The normalized spacial score (nSPS) is 15.1. The highest BCUT2D eigenvalue weighted by molar-refractivity contribution is 7.07. The number of carbonyl (C=O) groups is 1. The number of hydrogen-bond donors (Lipinski definition) is 0. The Balaban J connectivity index is 1.53. The van der Waals surface area contributed by atoms with Gasteiger partial charge in [0.05, 0.1) is 35.1 Å². The Kier molecular flexibility index (Phi) is 8.05. The third-order valence-corrected chi connectivity index (χ3v) is 9.06. The molecule has 9 heteroatoms. The molecule has 1 aliphatic rings. The van der Waals surface area contributed by atoms with E-state index in [2.05, 4.69) is 23.6 Å². The summed E-state index contributed by atoms with van der Waals surface area (Å²) in [7, 11) is 1.60. The summed E-state index contributed by atoms with van der Waals surface area (Å²) >= 11 is 7.45. The van der Waals surface area contributed by atoms with Crippen LogP contribution in [0.3, 0.4) is 0 Å². The lowest BCUT2D eigenvalue weighted by Crippen LogP contribution is -2.40. The summed E-state index contributed by atoms with van der Waals surface area (Å²) in [5, 5.41) is 1.75. The van der Waals surface area contributed by atoms with Crippen LogP contribution >= 0.6 is 22.9 Å². The molecule has 0 unspecified atom stereocenters. The molecule has 7 nitrogen and oxygen atoms in total. The molecule has 3 heterocycles. The molecule has 1 atom stereocenters. The number of aromatic nitrogens is 2. The second kappa shape index (κ2) is 11.9. The van der Waals surface area contributed by atoms with Gasteiger partial charge in [-0.2, -0.15) is 0 Å². The minimum atomic E-state index is -0.696. The highest BCUT2D eigenvalue weighted by Crippen LogP contribution is 2.32. The lowest BCUT2D eigenvalue weighted by Gasteiger charge is -2.25. The van der Waals surface area contributed by atoms with Crippen LogP contribution in [0.1, 0.15) is 49.2 Å². The predicted molar refractivity (Wildman–Crippen MR) is 175 cm³/mol. The Morgan fingerprint density at radius 1 is 1.05 bits per heavy atom. The molecule has 0 saturated heterocycles. The van der Waals surface area contributed by atoms with E-state index in [4.69, 9.17) is 26.1 Å². The van der Waals surface area contributed by atoms with Crippen LogP contribution in [0.5, 0.6) is 5.75 Å². The number of ether oxygens (including phenoxy) is 2. The number of allylic oxidation sites excluding steroid dienone is 1. The van der Waals surface area contributed by atoms with Crippen molar-refractivity contribution < 1.29 is 14.3 Å². The van der Waals surface area contributed by atoms with Crippen LogP contribution in [0.4, 0.5) is 0 Å². The van der Waals surface area contributed by atoms with E-state index in [0.29, 0.717) is 37.9 Å². The first kappa shape index (κ1) is 29.7. The standard InChI is InChI=1S/C35H32ClN3O4S/c1-20(2)43-34(41)31-21(3)37-35-39(32(31)24-12-16-26(42-5)17-13-24)33(40)30(44-35)18-28-22(4)38(29-9-7-6-8-27(28)29)19-23-10-14-25(36)15-11-23/h6-18,20,32H,19H2,1-5H3/b30-18-/t32-/m1/s1. The fraction of sp³-hybridized carbons (Fsp3) is 0.229. The van der Waals surface area contributed by atoms with Gasteiger partial charge in [-0.15, -0.1) is 0 Å². The summed E-state index contributed by atoms with van der Waals surface area (Å²) in [5.41, 5.74) is 5.63. The molecule has 224 valence electrons. The van der Waals surface area contributed by atoms with Crippen molar-refractivity contribution in [3.05, 3.63) is 131 Å². The van der Waals surface area contributed by atoms with Gasteiger partial charge in [0.1, 0.15) is 5.75 Å². The van der Waals surface area contributed by atoms with Crippen molar-refractivity contribution in [3.8, 4) is 5.75 Å². The fourth-order valence-electron chi connectivity index (χ4n) is 5.71. The highest BCUT2D eigenvalue weighted by Gasteiger charge is 2.34. The number of rotatable bonds is 7. The largest absolute Gasteiger partial charge is 0.497 e. The minimum Gasteiger partial charge on any atom is -0.497 e. The van der Waals surface area contributed by atoms with Crippen LogP contribution in [0, 0.1) is 6.92 Å². The lowest BCUT2D eigenvalue weighted by molar-refractivity contribution is -0.143. The summed E-state index contributed by atoms with van der Waals surface area (Å²) in [6.45, 7) is 8.13. The molecule has 0 radical (unpaired) electrons. The number of para-hydroxylation sites is 1. The van der Waals surface area contributed by atoms with Gasteiger partial charge in [0.2, 0.25) is 0 Å². The molecule has 1 aliphatic heterocycles. The third kappa shape index (κ3) is 5.40. The maximum atomic E-state index is 14.3. The summed E-state index contributed by atoms with van der Waals surface area (Å²) in [4.78, 5) is 32.9. The summed E-state index contributed by atoms with van der Waals surface area (Å²) < 4.78 is 15.4. The van der Waals surface area contributed by atoms with Crippen molar-refractivity contribution in [3.63, 3.8) is 0 Å². The first-order chi connectivity index (χ1) is 21.2. The SMILES string of the molecule is COc1ccc([C@@H]2C(C(=O)OC(C)C)=C(C)N=c3s/c(=C\c4c(C)n(Cc5ccc(Cl)cc5)c5ccccc45)c(=O)n32)cc1. The molecule has 5 aromatic rings. The molecule has 3 aromatic carbocycles. The second-order valence-electron chi connectivity index (χ2n) is 11.0. The molecule has 0 N–H and O–H groups in total. The van der Waals surface area contributed by atoms with Gasteiger partial charge in [0.25, 0.3) is 5.56 Å². The quantitative estimate of drug-likeness (QED) is 0.203. The number of benzene rings is 3. The molecular formula is C35H32ClN3O4S. The first-order valence-electron chi connectivity index (χ1n) is 14.4. The number of nitrogens with zero attached hydrogens (tertiary/aromatic N) is 3. The van der Waals surface area contributed by atoms with E-state index in [1.165, 1.54) is 11.3 Å². The molecule has 0 saturated carbocycles. The molecule has 0 aliphatic carbocycles. The van der Waals surface area contributed by atoms with Crippen molar-refractivity contribution in [2.75, 3.05) is 7.11 Å². The van der Waals surface area contributed by atoms with Gasteiger partial charge in [-0.25, -0.2) is 9.79 Å². The Labute approximate surface area is 264 Å². The van der Waals surface area contributed by atoms with E-state index in [9.17, 15) is 9.59 Å². The van der Waals surface area contributed by atoms with E-state index in [1.807, 2.05) is 66.7 Å². The smallest absolute Gasteiger partial charge is 0.338 e. The van der Waals surface area contributed by atoms with Gasteiger partial charge in [-0.05, 0) is 75.2 Å². The van der Waals surface area contributed by atoms with Crippen molar-refractivity contribution in [2.24, 2.45) is 4.99 Å². The lowest BCUT2D eigenvalue weighted by atomic mass is 9.96. The minimum absolute atomic E-state index is 0.217. The van der Waals surface area contributed by atoms with Crippen LogP contribution in [0.15, 0.2) is 93.9 Å². The summed E-state index contributed by atoms with van der Waals surface area (Å²) in [6.07, 6.45) is 1.63. The predicted octanol–water partition coefficient (Wildman–Crippen LogP) is 6.16. The zero-order chi connectivity index (χ0) is 31.1.